The summed E-state index contributed by atoms with van der Waals surface area (Å²) >= 11 is 1.13. The van der Waals surface area contributed by atoms with Gasteiger partial charge in [-0.25, -0.2) is 0 Å². The Labute approximate surface area is 137 Å². The predicted molar refractivity (Wildman–Crippen MR) is 87.0 cm³/mol. The van der Waals surface area contributed by atoms with E-state index in [1.165, 1.54) is 0 Å². The average molecular weight is 328 g/mol. The molecule has 0 saturated heterocycles. The van der Waals surface area contributed by atoms with Gasteiger partial charge in [-0.05, 0) is 41.7 Å². The molecular weight excluding hydrogens is 312 g/mol. The lowest BCUT2D eigenvalue weighted by Gasteiger charge is -2.05. The molecule has 0 saturated carbocycles. The molecule has 0 unspecified atom stereocenters. The van der Waals surface area contributed by atoms with Crippen LogP contribution in [0.3, 0.4) is 0 Å². The number of amides is 1. The summed E-state index contributed by atoms with van der Waals surface area (Å²) in [6, 6.07) is 7.47. The van der Waals surface area contributed by atoms with E-state index in [1.807, 2.05) is 31.2 Å². The van der Waals surface area contributed by atoms with Crippen LogP contribution in [0, 0.1) is 0 Å². The second kappa shape index (κ2) is 7.15. The maximum Gasteiger partial charge on any atom is 0.265 e. The van der Waals surface area contributed by atoms with Gasteiger partial charge in [0.25, 0.3) is 5.91 Å². The molecule has 0 aliphatic carbocycles. The number of carbonyl (C=O) groups excluding carboxylic acids is 1. The number of aryl methyl sites for hydroxylation is 1. The summed E-state index contributed by atoms with van der Waals surface area (Å²) in [6.45, 7) is 2.46. The van der Waals surface area contributed by atoms with Crippen molar-refractivity contribution in [1.29, 1.82) is 0 Å². The van der Waals surface area contributed by atoms with Crippen molar-refractivity contribution in [1.82, 2.24) is 19.9 Å². The summed E-state index contributed by atoms with van der Waals surface area (Å²) in [5.74, 6) is 0.582. The Bertz CT molecular complexity index is 766. The highest BCUT2D eigenvalue weighted by Crippen LogP contribution is 2.17. The molecule has 0 atom stereocenters. The van der Waals surface area contributed by atoms with Crippen molar-refractivity contribution in [3.63, 3.8) is 0 Å². The molecule has 3 heterocycles. The zero-order valence-corrected chi connectivity index (χ0v) is 13.5. The number of hydrogen-bond acceptors (Lipinski definition) is 6. The Morgan fingerprint density at radius 1 is 1.35 bits per heavy atom. The van der Waals surface area contributed by atoms with E-state index < -0.39 is 0 Å². The van der Waals surface area contributed by atoms with Gasteiger partial charge in [-0.2, -0.15) is 0 Å². The Balaban J connectivity index is 1.61. The lowest BCUT2D eigenvalue weighted by molar-refractivity contribution is 0.0954. The number of nitrogens with one attached hydrogen (secondary N) is 1. The van der Waals surface area contributed by atoms with Gasteiger partial charge in [0.15, 0.2) is 5.76 Å². The third-order valence-electron chi connectivity index (χ3n) is 3.30. The minimum absolute atomic E-state index is 0.140. The minimum atomic E-state index is -0.140. The molecule has 0 aromatic carbocycles. The van der Waals surface area contributed by atoms with E-state index in [0.29, 0.717) is 11.4 Å². The summed E-state index contributed by atoms with van der Waals surface area (Å²) < 4.78 is 9.16. The summed E-state index contributed by atoms with van der Waals surface area (Å²) in [4.78, 5) is 17.1. The lowest BCUT2D eigenvalue weighted by atomic mass is 10.2. The first-order valence-corrected chi connectivity index (χ1v) is 8.13. The quantitative estimate of drug-likeness (QED) is 0.752. The third-order valence-corrected chi connectivity index (χ3v) is 4.07. The van der Waals surface area contributed by atoms with Crippen molar-refractivity contribution < 1.29 is 9.21 Å². The maximum atomic E-state index is 12.2. The van der Waals surface area contributed by atoms with Crippen LogP contribution < -0.4 is 5.32 Å². The van der Waals surface area contributed by atoms with Crippen LogP contribution in [0.2, 0.25) is 0 Å². The SMILES string of the molecule is CCCc1nnsc1C(=O)NCc1ccc(-c2ccco2)nc1. The van der Waals surface area contributed by atoms with E-state index in [1.54, 1.807) is 12.5 Å². The van der Waals surface area contributed by atoms with Crippen molar-refractivity contribution in [2.75, 3.05) is 0 Å². The van der Waals surface area contributed by atoms with Crippen LogP contribution in [-0.4, -0.2) is 20.5 Å². The fraction of sp³-hybridized carbons (Fsp3) is 0.250. The largest absolute Gasteiger partial charge is 0.463 e. The van der Waals surface area contributed by atoms with Gasteiger partial charge < -0.3 is 9.73 Å². The van der Waals surface area contributed by atoms with Crippen LogP contribution in [0.15, 0.2) is 41.1 Å². The first kappa shape index (κ1) is 15.4. The van der Waals surface area contributed by atoms with Crippen LogP contribution in [-0.2, 0) is 13.0 Å². The van der Waals surface area contributed by atoms with Crippen LogP contribution in [0.1, 0.15) is 34.3 Å². The summed E-state index contributed by atoms with van der Waals surface area (Å²) in [7, 11) is 0. The number of pyridine rings is 1. The topological polar surface area (TPSA) is 80.9 Å². The van der Waals surface area contributed by atoms with E-state index in [-0.39, 0.29) is 5.91 Å². The molecule has 6 nitrogen and oxygen atoms in total. The number of nitrogens with zero attached hydrogens (tertiary/aromatic N) is 3. The molecular formula is C16H16N4O2S. The predicted octanol–water partition coefficient (Wildman–Crippen LogP) is 3.08. The molecule has 7 heteroatoms. The molecule has 118 valence electrons. The Hall–Kier alpha value is -2.54. The highest BCUT2D eigenvalue weighted by atomic mass is 32.1. The normalized spacial score (nSPS) is 10.7. The number of rotatable bonds is 6. The maximum absolute atomic E-state index is 12.2. The smallest absolute Gasteiger partial charge is 0.265 e. The van der Waals surface area contributed by atoms with Gasteiger partial charge in [0, 0.05) is 12.7 Å². The monoisotopic (exact) mass is 328 g/mol. The molecule has 1 amide bonds. The Morgan fingerprint density at radius 3 is 2.96 bits per heavy atom. The van der Waals surface area contributed by atoms with E-state index in [4.69, 9.17) is 4.42 Å². The van der Waals surface area contributed by atoms with Crippen molar-refractivity contribution in [3.8, 4) is 11.5 Å². The van der Waals surface area contributed by atoms with Crippen molar-refractivity contribution in [2.45, 2.75) is 26.3 Å². The van der Waals surface area contributed by atoms with Gasteiger partial charge in [-0.15, -0.1) is 5.10 Å². The molecule has 0 aliphatic rings. The zero-order valence-electron chi connectivity index (χ0n) is 12.7. The van der Waals surface area contributed by atoms with Gasteiger partial charge in [-0.3, -0.25) is 9.78 Å². The van der Waals surface area contributed by atoms with Crippen LogP contribution in [0.5, 0.6) is 0 Å². The third kappa shape index (κ3) is 3.62. The Morgan fingerprint density at radius 2 is 2.26 bits per heavy atom. The second-order valence-electron chi connectivity index (χ2n) is 5.01. The molecule has 1 N–H and O–H groups in total. The molecule has 0 radical (unpaired) electrons. The molecule has 0 fully saturated rings. The van der Waals surface area contributed by atoms with E-state index in [0.717, 1.165) is 47.1 Å². The molecule has 3 aromatic heterocycles. The standard InChI is InChI=1S/C16H16N4O2S/c1-2-4-13-15(23-20-19-13)16(21)18-10-11-6-7-12(17-9-11)14-5-3-8-22-14/h3,5-9H,2,4,10H2,1H3,(H,18,21). The number of carbonyl (C=O) groups is 1. The molecule has 0 aliphatic heterocycles. The van der Waals surface area contributed by atoms with E-state index in [9.17, 15) is 4.79 Å². The number of furan rings is 1. The highest BCUT2D eigenvalue weighted by molar-refractivity contribution is 7.08. The fourth-order valence-electron chi connectivity index (χ4n) is 2.14. The number of hydrogen-bond donors (Lipinski definition) is 1. The van der Waals surface area contributed by atoms with Crippen LogP contribution >= 0.6 is 11.5 Å². The minimum Gasteiger partial charge on any atom is -0.463 e. The average Bonchev–Trinajstić information content (AvgIpc) is 3.25. The van der Waals surface area contributed by atoms with Gasteiger partial charge in [0.1, 0.15) is 10.6 Å². The van der Waals surface area contributed by atoms with E-state index in [2.05, 4.69) is 19.9 Å². The fourth-order valence-corrected chi connectivity index (χ4v) is 2.77. The Kier molecular flexibility index (Phi) is 4.77. The van der Waals surface area contributed by atoms with Crippen molar-refractivity contribution in [3.05, 3.63) is 52.9 Å². The summed E-state index contributed by atoms with van der Waals surface area (Å²) in [6.07, 6.45) is 5.04. The van der Waals surface area contributed by atoms with Crippen LogP contribution in [0.25, 0.3) is 11.5 Å². The first-order valence-electron chi connectivity index (χ1n) is 7.36. The number of aromatic nitrogens is 3. The van der Waals surface area contributed by atoms with Gasteiger partial charge in [0.2, 0.25) is 0 Å². The van der Waals surface area contributed by atoms with Crippen molar-refractivity contribution in [2.24, 2.45) is 0 Å². The van der Waals surface area contributed by atoms with E-state index >= 15 is 0 Å². The summed E-state index contributed by atoms with van der Waals surface area (Å²) in [5, 5.41) is 6.89. The molecule has 3 aromatic rings. The zero-order chi connectivity index (χ0) is 16.1. The van der Waals surface area contributed by atoms with Gasteiger partial charge in [-0.1, -0.05) is 23.9 Å². The first-order chi connectivity index (χ1) is 11.3. The van der Waals surface area contributed by atoms with Gasteiger partial charge >= 0.3 is 0 Å². The molecule has 3 rings (SSSR count). The lowest BCUT2D eigenvalue weighted by Crippen LogP contribution is -2.23. The van der Waals surface area contributed by atoms with Gasteiger partial charge in [0.05, 0.1) is 12.0 Å². The van der Waals surface area contributed by atoms with Crippen molar-refractivity contribution >= 4 is 17.4 Å². The molecule has 0 bridgehead atoms. The molecule has 23 heavy (non-hydrogen) atoms. The second-order valence-corrected chi connectivity index (χ2v) is 5.76. The molecule has 0 spiro atoms. The highest BCUT2D eigenvalue weighted by Gasteiger charge is 2.15. The summed E-state index contributed by atoms with van der Waals surface area (Å²) in [5.41, 5.74) is 2.45. The van der Waals surface area contributed by atoms with Crippen LogP contribution in [0.4, 0.5) is 0 Å².